The van der Waals surface area contributed by atoms with E-state index in [4.69, 9.17) is 5.11 Å². The molecule has 1 atom stereocenters. The predicted molar refractivity (Wildman–Crippen MR) is 69.1 cm³/mol. The minimum atomic E-state index is -0.469. The van der Waals surface area contributed by atoms with Gasteiger partial charge in [0.25, 0.3) is 0 Å². The smallest absolute Gasteiger partial charge is 0.200 e. The summed E-state index contributed by atoms with van der Waals surface area (Å²) in [7, 11) is 0. The van der Waals surface area contributed by atoms with Crippen LogP contribution < -0.4 is 0 Å². The quantitative estimate of drug-likeness (QED) is 0.550. The summed E-state index contributed by atoms with van der Waals surface area (Å²) in [6.07, 6.45) is 6.56. The van der Waals surface area contributed by atoms with Crippen LogP contribution >= 0.6 is 0 Å². The molecule has 1 aliphatic rings. The Morgan fingerprint density at radius 3 is 2.56 bits per heavy atom. The number of hydrogen-bond donors (Lipinski definition) is 3. The van der Waals surface area contributed by atoms with E-state index in [1.165, 1.54) is 0 Å². The van der Waals surface area contributed by atoms with E-state index < -0.39 is 5.75 Å². The standard InChI is InChI=1S/C14H16O4/c1-8-6-10(13(17)14(18)12(8)16)7-9-2-4-11(15)5-3-9/h2-4,6,11,15-18H,5,7H2,1H3/p+1. The Bertz CT molecular complexity index is 529. The van der Waals surface area contributed by atoms with Crippen molar-refractivity contribution < 1.29 is 20.4 Å². The van der Waals surface area contributed by atoms with Gasteiger partial charge in [-0.05, 0) is 30.2 Å². The highest BCUT2D eigenvalue weighted by molar-refractivity contribution is 5.58. The van der Waals surface area contributed by atoms with Crippen molar-refractivity contribution in [2.24, 2.45) is 0 Å². The van der Waals surface area contributed by atoms with E-state index in [2.05, 4.69) is 0 Å². The number of rotatable bonds is 2. The second kappa shape index (κ2) is 4.74. The van der Waals surface area contributed by atoms with Gasteiger partial charge in [-0.25, -0.2) is 0 Å². The van der Waals surface area contributed by atoms with Crippen molar-refractivity contribution in [2.45, 2.75) is 25.9 Å². The maximum atomic E-state index is 9.79. The first kappa shape index (κ1) is 12.5. The van der Waals surface area contributed by atoms with Gasteiger partial charge in [0.1, 0.15) is 0 Å². The summed E-state index contributed by atoms with van der Waals surface area (Å²) in [4.78, 5) is 0. The van der Waals surface area contributed by atoms with Crippen LogP contribution in [0.15, 0.2) is 29.9 Å². The Balaban J connectivity index is 2.28. The second-order valence-corrected chi connectivity index (χ2v) is 4.56. The number of aromatic hydroxyl groups is 3. The fraction of sp³-hybridized carbons (Fsp3) is 0.286. The molecule has 1 aliphatic carbocycles. The van der Waals surface area contributed by atoms with Gasteiger partial charge >= 0.3 is 0 Å². The maximum Gasteiger partial charge on any atom is 0.200 e. The van der Waals surface area contributed by atoms with E-state index in [-0.39, 0.29) is 17.6 Å². The zero-order valence-corrected chi connectivity index (χ0v) is 10.1. The molecule has 0 spiro atoms. The van der Waals surface area contributed by atoms with Crippen LogP contribution in [0.5, 0.6) is 17.2 Å². The lowest BCUT2D eigenvalue weighted by Gasteiger charge is -2.13. The highest BCUT2D eigenvalue weighted by Gasteiger charge is 2.16. The van der Waals surface area contributed by atoms with E-state index in [0.717, 1.165) is 5.57 Å². The van der Waals surface area contributed by atoms with Crippen molar-refractivity contribution in [3.8, 4) is 17.2 Å². The van der Waals surface area contributed by atoms with Gasteiger partial charge in [0.2, 0.25) is 5.75 Å². The Kier molecular flexibility index (Phi) is 3.30. The van der Waals surface area contributed by atoms with Gasteiger partial charge in [-0.2, -0.15) is 0 Å². The third kappa shape index (κ3) is 2.33. The van der Waals surface area contributed by atoms with Crippen molar-refractivity contribution in [2.75, 3.05) is 0 Å². The average molecular weight is 249 g/mol. The molecule has 18 heavy (non-hydrogen) atoms. The second-order valence-electron chi connectivity index (χ2n) is 4.56. The SMILES string of the molecule is Cc1cc(CC2=CCC([OH2+])C=C2)c(O)c(O)c1O. The minimum absolute atomic E-state index is 0.197. The Labute approximate surface area is 105 Å². The van der Waals surface area contributed by atoms with E-state index in [9.17, 15) is 15.3 Å². The van der Waals surface area contributed by atoms with Crippen molar-refractivity contribution >= 4 is 0 Å². The molecule has 0 fully saturated rings. The molecule has 1 unspecified atom stereocenters. The molecule has 96 valence electrons. The average Bonchev–Trinajstić information content (AvgIpc) is 2.36. The number of phenols is 3. The third-order valence-electron chi connectivity index (χ3n) is 3.09. The Morgan fingerprint density at radius 2 is 1.94 bits per heavy atom. The normalized spacial score (nSPS) is 18.8. The minimum Gasteiger partial charge on any atom is -0.504 e. The molecular weight excluding hydrogens is 232 g/mol. The van der Waals surface area contributed by atoms with Gasteiger partial charge < -0.3 is 20.4 Å². The first-order valence-corrected chi connectivity index (χ1v) is 5.80. The highest BCUT2D eigenvalue weighted by atomic mass is 16.3. The number of benzene rings is 1. The Hall–Kier alpha value is -1.94. The summed E-state index contributed by atoms with van der Waals surface area (Å²) in [5.74, 6) is -1.03. The van der Waals surface area contributed by atoms with Crippen molar-refractivity contribution in [3.63, 3.8) is 0 Å². The van der Waals surface area contributed by atoms with Crippen LogP contribution in [0.25, 0.3) is 0 Å². The van der Waals surface area contributed by atoms with Crippen LogP contribution in [0.3, 0.4) is 0 Å². The first-order valence-electron chi connectivity index (χ1n) is 5.80. The fourth-order valence-corrected chi connectivity index (χ4v) is 2.00. The molecule has 0 aromatic heterocycles. The third-order valence-corrected chi connectivity index (χ3v) is 3.09. The lowest BCUT2D eigenvalue weighted by atomic mass is 9.96. The summed E-state index contributed by atoms with van der Waals surface area (Å²) in [5.41, 5.74) is 2.10. The van der Waals surface area contributed by atoms with Crippen LogP contribution in [-0.4, -0.2) is 26.5 Å². The molecule has 0 saturated heterocycles. The largest absolute Gasteiger partial charge is 0.504 e. The molecule has 0 amide bonds. The fourth-order valence-electron chi connectivity index (χ4n) is 2.00. The van der Waals surface area contributed by atoms with E-state index in [1.54, 1.807) is 19.1 Å². The lowest BCUT2D eigenvalue weighted by molar-refractivity contribution is 0.225. The van der Waals surface area contributed by atoms with Gasteiger partial charge in [0.15, 0.2) is 17.6 Å². The van der Waals surface area contributed by atoms with Crippen LogP contribution in [0.2, 0.25) is 0 Å². The molecule has 2 rings (SSSR count). The summed E-state index contributed by atoms with van der Waals surface area (Å²) in [6, 6.07) is 1.66. The van der Waals surface area contributed by atoms with E-state index in [1.807, 2.05) is 12.2 Å². The molecule has 4 nitrogen and oxygen atoms in total. The summed E-state index contributed by atoms with van der Waals surface area (Å²) < 4.78 is 0. The van der Waals surface area contributed by atoms with Crippen LogP contribution in [0.1, 0.15) is 17.5 Å². The van der Waals surface area contributed by atoms with Gasteiger partial charge in [0, 0.05) is 18.4 Å². The molecule has 0 heterocycles. The van der Waals surface area contributed by atoms with Crippen molar-refractivity contribution in [1.82, 2.24) is 0 Å². The van der Waals surface area contributed by atoms with E-state index >= 15 is 0 Å². The van der Waals surface area contributed by atoms with Crippen LogP contribution in [0.4, 0.5) is 0 Å². The summed E-state index contributed by atoms with van der Waals surface area (Å²) in [5, 5.41) is 36.4. The lowest BCUT2D eigenvalue weighted by Crippen LogP contribution is -2.05. The molecule has 0 radical (unpaired) electrons. The molecule has 1 aromatic carbocycles. The van der Waals surface area contributed by atoms with E-state index in [0.29, 0.717) is 24.0 Å². The van der Waals surface area contributed by atoms with Crippen LogP contribution in [-0.2, 0) is 6.42 Å². The molecular formula is C14H17O4+. The van der Waals surface area contributed by atoms with Crippen molar-refractivity contribution in [3.05, 3.63) is 41.0 Å². The first-order chi connectivity index (χ1) is 8.49. The van der Waals surface area contributed by atoms with Crippen LogP contribution in [0, 0.1) is 6.92 Å². The number of allylic oxidation sites excluding steroid dienone is 2. The molecule has 1 aromatic rings. The molecule has 0 bridgehead atoms. The molecule has 0 saturated carbocycles. The van der Waals surface area contributed by atoms with Gasteiger partial charge in [0.05, 0.1) is 0 Å². The zero-order valence-electron chi connectivity index (χ0n) is 10.1. The Morgan fingerprint density at radius 1 is 1.22 bits per heavy atom. The molecule has 5 N–H and O–H groups in total. The molecule has 0 aliphatic heterocycles. The van der Waals surface area contributed by atoms with Gasteiger partial charge in [-0.3, -0.25) is 0 Å². The maximum absolute atomic E-state index is 9.79. The zero-order chi connectivity index (χ0) is 13.3. The monoisotopic (exact) mass is 249 g/mol. The number of hydrogen-bond acceptors (Lipinski definition) is 3. The van der Waals surface area contributed by atoms with Crippen molar-refractivity contribution in [1.29, 1.82) is 0 Å². The number of phenolic OH excluding ortho intramolecular Hbond substituents is 3. The van der Waals surface area contributed by atoms with Gasteiger partial charge in [-0.15, -0.1) is 0 Å². The molecule has 4 heteroatoms. The topological polar surface area (TPSA) is 83.6 Å². The summed E-state index contributed by atoms with van der Waals surface area (Å²) in [6.45, 7) is 1.67. The summed E-state index contributed by atoms with van der Waals surface area (Å²) >= 11 is 0. The number of aryl methyl sites for hydroxylation is 1. The van der Waals surface area contributed by atoms with Gasteiger partial charge in [-0.1, -0.05) is 12.2 Å². The predicted octanol–water partition coefficient (Wildman–Crippen LogP) is 1.63. The highest BCUT2D eigenvalue weighted by Crippen LogP contribution is 2.40.